The number of nitrogens with one attached hydrogen (secondary N) is 1. The van der Waals surface area contributed by atoms with Crippen LogP contribution in [0.15, 0.2) is 24.3 Å². The number of carbonyl (C=O) groups excluding carboxylic acids is 1. The lowest BCUT2D eigenvalue weighted by Crippen LogP contribution is -2.30. The molecule has 0 aliphatic heterocycles. The first kappa shape index (κ1) is 14.9. The highest BCUT2D eigenvalue weighted by atomic mass is 16.5. The number of hydrogen-bond acceptors (Lipinski definition) is 3. The van der Waals surface area contributed by atoms with E-state index in [1.807, 2.05) is 38.1 Å². The van der Waals surface area contributed by atoms with Crippen LogP contribution in [0.5, 0.6) is 5.75 Å². The van der Waals surface area contributed by atoms with Crippen molar-refractivity contribution in [2.75, 3.05) is 5.32 Å². The number of rotatable bonds is 5. The monoisotopic (exact) mass is 277 g/mol. The molecule has 0 aromatic heterocycles. The van der Waals surface area contributed by atoms with Gasteiger partial charge in [-0.05, 0) is 38.8 Å². The summed E-state index contributed by atoms with van der Waals surface area (Å²) in [5.41, 5.74) is -0.161. The summed E-state index contributed by atoms with van der Waals surface area (Å²) in [7, 11) is 0. The standard InChI is InChI=1S/C16H23NO3/c1-12(2)20-14-8-4-3-7-13(14)17-15(18)11-16(19)9-5-6-10-16/h3-4,7-8,12,19H,5-6,9-11H2,1-2H3,(H,17,18). The molecule has 4 nitrogen and oxygen atoms in total. The van der Waals surface area contributed by atoms with E-state index < -0.39 is 5.60 Å². The molecule has 2 rings (SSSR count). The van der Waals surface area contributed by atoms with Crippen LogP contribution in [0.25, 0.3) is 0 Å². The minimum atomic E-state index is -0.821. The maximum atomic E-state index is 12.1. The van der Waals surface area contributed by atoms with Gasteiger partial charge in [-0.1, -0.05) is 25.0 Å². The Morgan fingerprint density at radius 3 is 2.65 bits per heavy atom. The van der Waals surface area contributed by atoms with E-state index in [4.69, 9.17) is 4.74 Å². The summed E-state index contributed by atoms with van der Waals surface area (Å²) in [6, 6.07) is 7.37. The normalized spacial score (nSPS) is 17.2. The van der Waals surface area contributed by atoms with Crippen molar-refractivity contribution < 1.29 is 14.6 Å². The molecule has 4 heteroatoms. The average Bonchev–Trinajstić information content (AvgIpc) is 2.77. The Kier molecular flexibility index (Phi) is 4.65. The Morgan fingerprint density at radius 2 is 2.00 bits per heavy atom. The minimum Gasteiger partial charge on any atom is -0.489 e. The zero-order chi connectivity index (χ0) is 14.6. The molecule has 1 aromatic carbocycles. The number of benzene rings is 1. The zero-order valence-corrected chi connectivity index (χ0v) is 12.2. The third-order valence-corrected chi connectivity index (χ3v) is 3.55. The number of hydrogen-bond donors (Lipinski definition) is 2. The van der Waals surface area contributed by atoms with Gasteiger partial charge in [-0.3, -0.25) is 4.79 Å². The Bertz CT molecular complexity index is 465. The van der Waals surface area contributed by atoms with Gasteiger partial charge in [-0.15, -0.1) is 0 Å². The Hall–Kier alpha value is -1.55. The zero-order valence-electron chi connectivity index (χ0n) is 12.2. The van der Waals surface area contributed by atoms with Crippen molar-refractivity contribution in [1.29, 1.82) is 0 Å². The molecule has 20 heavy (non-hydrogen) atoms. The predicted molar refractivity (Wildman–Crippen MR) is 78.9 cm³/mol. The van der Waals surface area contributed by atoms with Crippen molar-refractivity contribution in [3.8, 4) is 5.75 Å². The fourth-order valence-electron chi connectivity index (χ4n) is 2.63. The van der Waals surface area contributed by atoms with E-state index in [0.717, 1.165) is 12.8 Å². The molecule has 0 unspecified atom stereocenters. The van der Waals surface area contributed by atoms with E-state index in [0.29, 0.717) is 24.3 Å². The van der Waals surface area contributed by atoms with Crippen LogP contribution < -0.4 is 10.1 Å². The Morgan fingerprint density at radius 1 is 1.35 bits per heavy atom. The Labute approximate surface area is 120 Å². The van der Waals surface area contributed by atoms with Crippen LogP contribution in [0, 0.1) is 0 Å². The van der Waals surface area contributed by atoms with Gasteiger partial charge in [0, 0.05) is 0 Å². The quantitative estimate of drug-likeness (QED) is 0.869. The van der Waals surface area contributed by atoms with Crippen molar-refractivity contribution >= 4 is 11.6 Å². The maximum Gasteiger partial charge on any atom is 0.227 e. The third-order valence-electron chi connectivity index (χ3n) is 3.55. The van der Waals surface area contributed by atoms with Crippen molar-refractivity contribution in [3.05, 3.63) is 24.3 Å². The molecule has 1 fully saturated rings. The first-order valence-electron chi connectivity index (χ1n) is 7.26. The molecule has 1 amide bonds. The summed E-state index contributed by atoms with van der Waals surface area (Å²) in [5, 5.41) is 13.1. The van der Waals surface area contributed by atoms with Crippen LogP contribution in [-0.4, -0.2) is 22.7 Å². The number of ether oxygens (including phenoxy) is 1. The fraction of sp³-hybridized carbons (Fsp3) is 0.562. The van der Waals surface area contributed by atoms with Gasteiger partial charge >= 0.3 is 0 Å². The number of aliphatic hydroxyl groups is 1. The van der Waals surface area contributed by atoms with Crippen LogP contribution >= 0.6 is 0 Å². The van der Waals surface area contributed by atoms with Gasteiger partial charge < -0.3 is 15.2 Å². The van der Waals surface area contributed by atoms with Crippen molar-refractivity contribution in [2.45, 2.75) is 57.7 Å². The molecule has 0 atom stereocenters. The summed E-state index contributed by atoms with van der Waals surface area (Å²) >= 11 is 0. The van der Waals surface area contributed by atoms with E-state index in [-0.39, 0.29) is 18.4 Å². The van der Waals surface area contributed by atoms with Gasteiger partial charge in [0.1, 0.15) is 5.75 Å². The molecule has 0 bridgehead atoms. The first-order chi connectivity index (χ1) is 9.48. The van der Waals surface area contributed by atoms with Gasteiger partial charge in [-0.2, -0.15) is 0 Å². The second-order valence-corrected chi connectivity index (χ2v) is 5.82. The first-order valence-corrected chi connectivity index (χ1v) is 7.26. The van der Waals surface area contributed by atoms with Gasteiger partial charge in [-0.25, -0.2) is 0 Å². The molecular formula is C16H23NO3. The largest absolute Gasteiger partial charge is 0.489 e. The van der Waals surface area contributed by atoms with Crippen LogP contribution in [0.1, 0.15) is 46.0 Å². The average molecular weight is 277 g/mol. The topological polar surface area (TPSA) is 58.6 Å². The summed E-state index contributed by atoms with van der Waals surface area (Å²) in [4.78, 5) is 12.1. The molecule has 1 aliphatic carbocycles. The SMILES string of the molecule is CC(C)Oc1ccccc1NC(=O)CC1(O)CCCC1. The number of carbonyl (C=O) groups is 1. The second kappa shape index (κ2) is 6.27. The summed E-state index contributed by atoms with van der Waals surface area (Å²) in [6.07, 6.45) is 3.62. The van der Waals surface area contributed by atoms with Crippen LogP contribution in [0.2, 0.25) is 0 Å². The highest BCUT2D eigenvalue weighted by molar-refractivity contribution is 5.92. The number of amides is 1. The Balaban J connectivity index is 2.00. The van der Waals surface area contributed by atoms with E-state index in [1.54, 1.807) is 0 Å². The smallest absolute Gasteiger partial charge is 0.227 e. The fourth-order valence-corrected chi connectivity index (χ4v) is 2.63. The second-order valence-electron chi connectivity index (χ2n) is 5.82. The molecule has 0 saturated heterocycles. The van der Waals surface area contributed by atoms with E-state index in [9.17, 15) is 9.90 Å². The van der Waals surface area contributed by atoms with E-state index >= 15 is 0 Å². The minimum absolute atomic E-state index is 0.0482. The lowest BCUT2D eigenvalue weighted by Gasteiger charge is -2.22. The highest BCUT2D eigenvalue weighted by Crippen LogP contribution is 2.33. The van der Waals surface area contributed by atoms with E-state index in [1.165, 1.54) is 0 Å². The molecule has 110 valence electrons. The molecular weight excluding hydrogens is 254 g/mol. The summed E-state index contributed by atoms with van der Waals surface area (Å²) in [6.45, 7) is 3.89. The lowest BCUT2D eigenvalue weighted by molar-refractivity contribution is -0.120. The molecule has 0 radical (unpaired) electrons. The van der Waals surface area contributed by atoms with Crippen LogP contribution in [0.4, 0.5) is 5.69 Å². The van der Waals surface area contributed by atoms with Gasteiger partial charge in [0.05, 0.1) is 23.8 Å². The lowest BCUT2D eigenvalue weighted by atomic mass is 9.97. The molecule has 0 heterocycles. The number of para-hydroxylation sites is 2. The van der Waals surface area contributed by atoms with Gasteiger partial charge in [0.2, 0.25) is 5.91 Å². The maximum absolute atomic E-state index is 12.1. The van der Waals surface area contributed by atoms with Crippen LogP contribution in [0.3, 0.4) is 0 Å². The van der Waals surface area contributed by atoms with Gasteiger partial charge in [0.15, 0.2) is 0 Å². The van der Waals surface area contributed by atoms with Crippen molar-refractivity contribution in [1.82, 2.24) is 0 Å². The van der Waals surface area contributed by atoms with Crippen molar-refractivity contribution in [3.63, 3.8) is 0 Å². The summed E-state index contributed by atoms with van der Waals surface area (Å²) < 4.78 is 5.66. The third kappa shape index (κ3) is 3.97. The van der Waals surface area contributed by atoms with Crippen molar-refractivity contribution in [2.24, 2.45) is 0 Å². The molecule has 1 saturated carbocycles. The van der Waals surface area contributed by atoms with Gasteiger partial charge in [0.25, 0.3) is 0 Å². The van der Waals surface area contributed by atoms with Crippen LogP contribution in [-0.2, 0) is 4.79 Å². The molecule has 1 aromatic rings. The number of anilines is 1. The van der Waals surface area contributed by atoms with E-state index in [2.05, 4.69) is 5.32 Å². The summed E-state index contributed by atoms with van der Waals surface area (Å²) in [5.74, 6) is 0.503. The molecule has 1 aliphatic rings. The highest BCUT2D eigenvalue weighted by Gasteiger charge is 2.33. The predicted octanol–water partition coefficient (Wildman–Crippen LogP) is 3.11. The molecule has 2 N–H and O–H groups in total. The molecule has 0 spiro atoms.